The van der Waals surface area contributed by atoms with Crippen molar-refractivity contribution in [3.63, 3.8) is 0 Å². The molecule has 0 aliphatic heterocycles. The summed E-state index contributed by atoms with van der Waals surface area (Å²) in [6.45, 7) is 0.307. The lowest BCUT2D eigenvalue weighted by molar-refractivity contribution is -0.137. The minimum Gasteiger partial charge on any atom is -0.480 e. The Labute approximate surface area is 123 Å². The van der Waals surface area contributed by atoms with E-state index in [4.69, 9.17) is 10.8 Å². The summed E-state index contributed by atoms with van der Waals surface area (Å²) in [6.07, 6.45) is 8.84. The number of carboxylic acids is 1. The zero-order chi connectivity index (χ0) is 15.3. The van der Waals surface area contributed by atoms with Crippen LogP contribution in [0.2, 0.25) is 0 Å². The fourth-order valence-electron chi connectivity index (χ4n) is 2.95. The average Bonchev–Trinajstić information content (AvgIpc) is 2.85. The molecular formula is C14H22N4O3. The van der Waals surface area contributed by atoms with E-state index in [9.17, 15) is 9.59 Å². The molecule has 1 saturated carbocycles. The number of anilines is 1. The summed E-state index contributed by atoms with van der Waals surface area (Å²) < 4.78 is 1.28. The molecule has 0 bridgehead atoms. The van der Waals surface area contributed by atoms with E-state index in [0.717, 1.165) is 25.7 Å². The highest BCUT2D eigenvalue weighted by atomic mass is 16.4. The first-order chi connectivity index (χ1) is 10.0. The summed E-state index contributed by atoms with van der Waals surface area (Å²) in [5.41, 5.74) is 6.31. The van der Waals surface area contributed by atoms with Gasteiger partial charge in [0.25, 0.3) is 0 Å². The zero-order valence-corrected chi connectivity index (χ0v) is 12.0. The summed E-state index contributed by atoms with van der Waals surface area (Å²) >= 11 is 0. The van der Waals surface area contributed by atoms with Crippen LogP contribution in [-0.2, 0) is 16.1 Å². The molecule has 0 aromatic carbocycles. The van der Waals surface area contributed by atoms with Gasteiger partial charge < -0.3 is 16.2 Å². The van der Waals surface area contributed by atoms with Crippen molar-refractivity contribution in [1.82, 2.24) is 9.78 Å². The molecule has 0 spiro atoms. The van der Waals surface area contributed by atoms with Crippen molar-refractivity contribution in [2.45, 2.75) is 45.1 Å². The molecule has 0 unspecified atom stereocenters. The van der Waals surface area contributed by atoms with Gasteiger partial charge >= 0.3 is 5.97 Å². The van der Waals surface area contributed by atoms with Gasteiger partial charge in [0.2, 0.25) is 5.91 Å². The molecule has 1 aliphatic rings. The maximum Gasteiger partial charge on any atom is 0.325 e. The standard InChI is InChI=1S/C14H22N4O3/c15-10-14(4-2-1-3-5-14)6-12(19)17-11-7-16-18(8-11)9-13(20)21/h7-8H,1-6,9-10,15H2,(H,17,19)(H,20,21). The Hall–Kier alpha value is -1.89. The van der Waals surface area contributed by atoms with E-state index in [2.05, 4.69) is 10.4 Å². The van der Waals surface area contributed by atoms with Crippen LogP contribution >= 0.6 is 0 Å². The molecule has 116 valence electrons. The Balaban J connectivity index is 1.91. The predicted molar refractivity (Wildman–Crippen MR) is 77.7 cm³/mol. The Morgan fingerprint density at radius 3 is 2.71 bits per heavy atom. The van der Waals surface area contributed by atoms with Gasteiger partial charge in [0.15, 0.2) is 0 Å². The number of nitrogens with two attached hydrogens (primary N) is 1. The molecule has 1 aliphatic carbocycles. The summed E-state index contributed by atoms with van der Waals surface area (Å²) in [5, 5.41) is 15.3. The molecule has 2 rings (SSSR count). The molecule has 4 N–H and O–H groups in total. The molecule has 21 heavy (non-hydrogen) atoms. The topological polar surface area (TPSA) is 110 Å². The normalized spacial score (nSPS) is 17.4. The minimum absolute atomic E-state index is 0.0839. The van der Waals surface area contributed by atoms with Crippen LogP contribution in [0.4, 0.5) is 5.69 Å². The number of rotatable bonds is 6. The van der Waals surface area contributed by atoms with Gasteiger partial charge in [-0.2, -0.15) is 5.10 Å². The van der Waals surface area contributed by atoms with Crippen molar-refractivity contribution in [2.24, 2.45) is 11.1 Å². The first-order valence-electron chi connectivity index (χ1n) is 7.27. The summed E-state index contributed by atoms with van der Waals surface area (Å²) in [5.74, 6) is -1.06. The summed E-state index contributed by atoms with van der Waals surface area (Å²) in [4.78, 5) is 22.7. The number of carboxylic acid groups (broad SMARTS) is 1. The van der Waals surface area contributed by atoms with Crippen LogP contribution in [0.5, 0.6) is 0 Å². The fourth-order valence-corrected chi connectivity index (χ4v) is 2.95. The predicted octanol–water partition coefficient (Wildman–Crippen LogP) is 1.21. The molecule has 1 heterocycles. The molecule has 0 saturated heterocycles. The number of hydrogen-bond acceptors (Lipinski definition) is 4. The van der Waals surface area contributed by atoms with Gasteiger partial charge in [-0.15, -0.1) is 0 Å². The minimum atomic E-state index is -0.972. The number of carbonyl (C=O) groups excluding carboxylic acids is 1. The number of amides is 1. The molecule has 1 aromatic heterocycles. The number of nitrogens with one attached hydrogen (secondary N) is 1. The fraction of sp³-hybridized carbons (Fsp3) is 0.643. The second-order valence-corrected chi connectivity index (χ2v) is 5.81. The zero-order valence-electron chi connectivity index (χ0n) is 12.0. The lowest BCUT2D eigenvalue weighted by Crippen LogP contribution is -2.36. The average molecular weight is 294 g/mol. The molecule has 0 radical (unpaired) electrons. The molecule has 7 nitrogen and oxygen atoms in total. The molecule has 1 amide bonds. The Bertz CT molecular complexity index is 506. The van der Waals surface area contributed by atoms with Crippen LogP contribution in [0.1, 0.15) is 38.5 Å². The first-order valence-corrected chi connectivity index (χ1v) is 7.27. The number of aromatic nitrogens is 2. The molecular weight excluding hydrogens is 272 g/mol. The summed E-state index contributed by atoms with van der Waals surface area (Å²) in [7, 11) is 0. The van der Waals surface area contributed by atoms with Gasteiger partial charge in [-0.1, -0.05) is 19.3 Å². The third kappa shape index (κ3) is 4.29. The van der Waals surface area contributed by atoms with Crippen LogP contribution in [-0.4, -0.2) is 33.3 Å². The Morgan fingerprint density at radius 1 is 1.38 bits per heavy atom. The van der Waals surface area contributed by atoms with Crippen LogP contribution < -0.4 is 11.1 Å². The van der Waals surface area contributed by atoms with Gasteiger partial charge in [0, 0.05) is 12.6 Å². The van der Waals surface area contributed by atoms with Gasteiger partial charge in [-0.3, -0.25) is 14.3 Å². The van der Waals surface area contributed by atoms with Crippen molar-refractivity contribution >= 4 is 17.6 Å². The van der Waals surface area contributed by atoms with E-state index in [0.29, 0.717) is 18.7 Å². The lowest BCUT2D eigenvalue weighted by Gasteiger charge is -2.35. The van der Waals surface area contributed by atoms with E-state index in [-0.39, 0.29) is 17.9 Å². The van der Waals surface area contributed by atoms with E-state index >= 15 is 0 Å². The van der Waals surface area contributed by atoms with Crippen molar-refractivity contribution in [3.8, 4) is 0 Å². The van der Waals surface area contributed by atoms with Crippen LogP contribution in [0.3, 0.4) is 0 Å². The van der Waals surface area contributed by atoms with E-state index in [1.807, 2.05) is 0 Å². The highest BCUT2D eigenvalue weighted by molar-refractivity contribution is 5.90. The first kappa shape index (κ1) is 15.5. The second-order valence-electron chi connectivity index (χ2n) is 5.81. The van der Waals surface area contributed by atoms with Crippen molar-refractivity contribution in [1.29, 1.82) is 0 Å². The van der Waals surface area contributed by atoms with Crippen LogP contribution in [0.15, 0.2) is 12.4 Å². The van der Waals surface area contributed by atoms with Gasteiger partial charge in [-0.25, -0.2) is 0 Å². The highest BCUT2D eigenvalue weighted by Crippen LogP contribution is 2.38. The van der Waals surface area contributed by atoms with Crippen molar-refractivity contribution in [2.75, 3.05) is 11.9 Å². The number of hydrogen-bond donors (Lipinski definition) is 3. The van der Waals surface area contributed by atoms with Gasteiger partial charge in [0.1, 0.15) is 6.54 Å². The third-order valence-electron chi connectivity index (χ3n) is 4.10. The quantitative estimate of drug-likeness (QED) is 0.730. The van der Waals surface area contributed by atoms with Crippen molar-refractivity contribution in [3.05, 3.63) is 12.4 Å². The van der Waals surface area contributed by atoms with Crippen molar-refractivity contribution < 1.29 is 14.7 Å². The maximum absolute atomic E-state index is 12.2. The molecule has 1 fully saturated rings. The van der Waals surface area contributed by atoms with Crippen LogP contribution in [0, 0.1) is 5.41 Å². The Morgan fingerprint density at radius 2 is 2.10 bits per heavy atom. The van der Waals surface area contributed by atoms with Crippen LogP contribution in [0.25, 0.3) is 0 Å². The van der Waals surface area contributed by atoms with E-state index in [1.165, 1.54) is 23.5 Å². The monoisotopic (exact) mass is 294 g/mol. The second kappa shape index (κ2) is 6.71. The third-order valence-corrected chi connectivity index (χ3v) is 4.10. The highest BCUT2D eigenvalue weighted by Gasteiger charge is 2.33. The number of nitrogens with zero attached hydrogens (tertiary/aromatic N) is 2. The number of carbonyl (C=O) groups is 2. The largest absolute Gasteiger partial charge is 0.480 e. The SMILES string of the molecule is NCC1(CC(=O)Nc2cnn(CC(=O)O)c2)CCCCC1. The molecule has 1 aromatic rings. The molecule has 7 heteroatoms. The molecule has 0 atom stereocenters. The van der Waals surface area contributed by atoms with E-state index < -0.39 is 5.97 Å². The Kier molecular flexibility index (Phi) is 4.95. The van der Waals surface area contributed by atoms with Gasteiger partial charge in [0.05, 0.1) is 11.9 Å². The smallest absolute Gasteiger partial charge is 0.325 e. The summed E-state index contributed by atoms with van der Waals surface area (Å²) in [6, 6.07) is 0. The maximum atomic E-state index is 12.2. The van der Waals surface area contributed by atoms with Gasteiger partial charge in [-0.05, 0) is 24.8 Å². The van der Waals surface area contributed by atoms with E-state index in [1.54, 1.807) is 0 Å². The number of aliphatic carboxylic acids is 1. The lowest BCUT2D eigenvalue weighted by atomic mass is 9.71.